The Morgan fingerprint density at radius 2 is 2.04 bits per heavy atom. The highest BCUT2D eigenvalue weighted by molar-refractivity contribution is 5.89. The highest BCUT2D eigenvalue weighted by atomic mass is 16.3. The number of likely N-dealkylation sites (tertiary alicyclic amines) is 1. The molecule has 0 saturated carbocycles. The summed E-state index contributed by atoms with van der Waals surface area (Å²) in [6, 6.07) is 15.4. The second kappa shape index (κ2) is 8.12. The van der Waals surface area contributed by atoms with Gasteiger partial charge in [-0.1, -0.05) is 18.2 Å². The number of aromatic nitrogens is 2. The average molecular weight is 378 g/mol. The Bertz CT molecular complexity index is 934. The molecular weight excluding hydrogens is 356 g/mol. The van der Waals surface area contributed by atoms with Crippen molar-refractivity contribution < 1.29 is 14.0 Å². The number of nitrogens with one attached hydrogen (secondary N) is 1. The number of benzene rings is 1. The third-order valence-corrected chi connectivity index (χ3v) is 4.86. The van der Waals surface area contributed by atoms with Gasteiger partial charge in [-0.15, -0.1) is 0 Å². The summed E-state index contributed by atoms with van der Waals surface area (Å²) in [5.74, 6) is 0.309. The lowest BCUT2D eigenvalue weighted by atomic mass is 10.1. The molecule has 1 unspecified atom stereocenters. The van der Waals surface area contributed by atoms with E-state index >= 15 is 0 Å². The molecule has 2 amide bonds. The summed E-state index contributed by atoms with van der Waals surface area (Å²) in [6.07, 6.45) is 4.38. The van der Waals surface area contributed by atoms with Crippen LogP contribution in [0.25, 0.3) is 5.69 Å². The van der Waals surface area contributed by atoms with Crippen LogP contribution in [-0.4, -0.2) is 39.6 Å². The number of para-hydroxylation sites is 1. The van der Waals surface area contributed by atoms with Gasteiger partial charge in [0.2, 0.25) is 11.8 Å². The normalized spacial score (nSPS) is 16.5. The Kier molecular flexibility index (Phi) is 5.23. The van der Waals surface area contributed by atoms with Crippen molar-refractivity contribution in [1.82, 2.24) is 20.0 Å². The molecule has 28 heavy (non-hydrogen) atoms. The fourth-order valence-corrected chi connectivity index (χ4v) is 3.37. The lowest BCUT2D eigenvalue weighted by Gasteiger charge is -2.15. The molecule has 1 saturated heterocycles. The highest BCUT2D eigenvalue weighted by Gasteiger charge is 2.34. The molecule has 7 nitrogen and oxygen atoms in total. The minimum atomic E-state index is -0.315. The van der Waals surface area contributed by atoms with Crippen LogP contribution >= 0.6 is 0 Å². The molecule has 1 aromatic carbocycles. The fraction of sp³-hybridized carbons (Fsp3) is 0.286. The summed E-state index contributed by atoms with van der Waals surface area (Å²) in [4.78, 5) is 26.2. The van der Waals surface area contributed by atoms with Gasteiger partial charge in [-0.2, -0.15) is 5.10 Å². The molecular formula is C21H22N4O3. The predicted molar refractivity (Wildman–Crippen MR) is 103 cm³/mol. The first-order valence-electron chi connectivity index (χ1n) is 9.37. The van der Waals surface area contributed by atoms with E-state index in [2.05, 4.69) is 10.4 Å². The maximum atomic E-state index is 12.4. The van der Waals surface area contributed by atoms with Gasteiger partial charge in [0.1, 0.15) is 5.76 Å². The molecule has 1 aliphatic heterocycles. The van der Waals surface area contributed by atoms with Crippen LogP contribution in [0.2, 0.25) is 0 Å². The third kappa shape index (κ3) is 4.14. The van der Waals surface area contributed by atoms with Crippen molar-refractivity contribution in [2.45, 2.75) is 19.4 Å². The van der Waals surface area contributed by atoms with Crippen LogP contribution in [0.3, 0.4) is 0 Å². The Morgan fingerprint density at radius 3 is 2.82 bits per heavy atom. The molecule has 3 heterocycles. The molecule has 0 bridgehead atoms. The maximum absolute atomic E-state index is 12.4. The van der Waals surface area contributed by atoms with Crippen molar-refractivity contribution in [3.05, 3.63) is 72.4 Å². The van der Waals surface area contributed by atoms with Gasteiger partial charge in [-0.05, 0) is 30.3 Å². The van der Waals surface area contributed by atoms with E-state index in [0.29, 0.717) is 26.1 Å². The number of rotatable bonds is 7. The molecule has 144 valence electrons. The number of amides is 2. The van der Waals surface area contributed by atoms with E-state index in [9.17, 15) is 9.59 Å². The number of carbonyl (C=O) groups excluding carboxylic acids is 2. The molecule has 1 N–H and O–H groups in total. The Hall–Kier alpha value is -3.35. The number of hydrogen-bond donors (Lipinski definition) is 1. The minimum Gasteiger partial charge on any atom is -0.467 e. The third-order valence-electron chi connectivity index (χ3n) is 4.86. The van der Waals surface area contributed by atoms with Crippen molar-refractivity contribution in [3.8, 4) is 5.69 Å². The van der Waals surface area contributed by atoms with Crippen LogP contribution in [0.5, 0.6) is 0 Å². The standard InChI is InChI=1S/C21H22N4O3/c26-20-13-16(14-24(20)15-19-7-4-12-28-19)21(27)22-10-8-17-9-11-25(23-17)18-5-2-1-3-6-18/h1-7,9,11-12,16H,8,10,13-15H2,(H,22,27). The predicted octanol–water partition coefficient (Wildman–Crippen LogP) is 2.17. The van der Waals surface area contributed by atoms with Gasteiger partial charge in [0.05, 0.1) is 30.1 Å². The summed E-state index contributed by atoms with van der Waals surface area (Å²) in [6.45, 7) is 1.33. The average Bonchev–Trinajstić information content (AvgIpc) is 3.45. The summed E-state index contributed by atoms with van der Waals surface area (Å²) in [5.41, 5.74) is 1.91. The number of nitrogens with zero attached hydrogens (tertiary/aromatic N) is 3. The summed E-state index contributed by atoms with van der Waals surface area (Å²) in [5, 5.41) is 7.46. The molecule has 2 aromatic heterocycles. The van der Waals surface area contributed by atoms with Gasteiger partial charge < -0.3 is 14.6 Å². The Morgan fingerprint density at radius 1 is 1.18 bits per heavy atom. The Balaban J connectivity index is 1.25. The van der Waals surface area contributed by atoms with E-state index in [4.69, 9.17) is 4.42 Å². The monoisotopic (exact) mass is 378 g/mol. The molecule has 0 radical (unpaired) electrons. The van der Waals surface area contributed by atoms with Gasteiger partial charge in [-0.25, -0.2) is 4.68 Å². The Labute approximate surface area is 162 Å². The molecule has 7 heteroatoms. The van der Waals surface area contributed by atoms with Crippen LogP contribution < -0.4 is 5.32 Å². The van der Waals surface area contributed by atoms with Gasteiger partial charge >= 0.3 is 0 Å². The molecule has 4 rings (SSSR count). The van der Waals surface area contributed by atoms with Crippen LogP contribution in [0.4, 0.5) is 0 Å². The van der Waals surface area contributed by atoms with E-state index in [1.807, 2.05) is 53.3 Å². The molecule has 1 aliphatic rings. The zero-order chi connectivity index (χ0) is 19.3. The highest BCUT2D eigenvalue weighted by Crippen LogP contribution is 2.20. The maximum Gasteiger partial charge on any atom is 0.225 e. The first-order chi connectivity index (χ1) is 13.7. The van der Waals surface area contributed by atoms with E-state index < -0.39 is 0 Å². The molecule has 0 spiro atoms. The molecule has 0 aliphatic carbocycles. The van der Waals surface area contributed by atoms with Crippen LogP contribution in [-0.2, 0) is 22.6 Å². The summed E-state index contributed by atoms with van der Waals surface area (Å²) < 4.78 is 7.10. The van der Waals surface area contributed by atoms with Gasteiger partial charge in [0.25, 0.3) is 0 Å². The van der Waals surface area contributed by atoms with Gasteiger partial charge in [-0.3, -0.25) is 9.59 Å². The lowest BCUT2D eigenvalue weighted by molar-refractivity contribution is -0.129. The molecule has 1 fully saturated rings. The largest absolute Gasteiger partial charge is 0.467 e. The first-order valence-corrected chi connectivity index (χ1v) is 9.37. The van der Waals surface area contributed by atoms with Crippen molar-refractivity contribution in [2.24, 2.45) is 5.92 Å². The van der Waals surface area contributed by atoms with Crippen LogP contribution in [0.15, 0.2) is 65.4 Å². The zero-order valence-electron chi connectivity index (χ0n) is 15.5. The first kappa shape index (κ1) is 18.0. The van der Waals surface area contributed by atoms with Crippen molar-refractivity contribution in [2.75, 3.05) is 13.1 Å². The zero-order valence-corrected chi connectivity index (χ0v) is 15.5. The van der Waals surface area contributed by atoms with E-state index in [1.54, 1.807) is 17.2 Å². The second-order valence-corrected chi connectivity index (χ2v) is 6.88. The van der Waals surface area contributed by atoms with E-state index in [1.165, 1.54) is 0 Å². The van der Waals surface area contributed by atoms with E-state index in [0.717, 1.165) is 17.1 Å². The van der Waals surface area contributed by atoms with Crippen LogP contribution in [0.1, 0.15) is 17.9 Å². The minimum absolute atomic E-state index is 0.0156. The lowest BCUT2D eigenvalue weighted by Crippen LogP contribution is -2.34. The fourth-order valence-electron chi connectivity index (χ4n) is 3.37. The quantitative estimate of drug-likeness (QED) is 0.683. The van der Waals surface area contributed by atoms with E-state index in [-0.39, 0.29) is 24.2 Å². The van der Waals surface area contributed by atoms with Crippen molar-refractivity contribution in [3.63, 3.8) is 0 Å². The van der Waals surface area contributed by atoms with Crippen molar-refractivity contribution in [1.29, 1.82) is 0 Å². The van der Waals surface area contributed by atoms with Crippen molar-refractivity contribution >= 4 is 11.8 Å². The SMILES string of the molecule is O=C(NCCc1ccn(-c2ccccc2)n1)C1CC(=O)N(Cc2ccco2)C1. The number of carbonyl (C=O) groups is 2. The molecule has 3 aromatic rings. The van der Waals surface area contributed by atoms with Crippen LogP contribution in [0, 0.1) is 5.92 Å². The smallest absolute Gasteiger partial charge is 0.225 e. The number of furan rings is 1. The van der Waals surface area contributed by atoms with Gasteiger partial charge in [0, 0.05) is 32.1 Å². The van der Waals surface area contributed by atoms with Gasteiger partial charge in [0.15, 0.2) is 0 Å². The number of hydrogen-bond acceptors (Lipinski definition) is 4. The molecule has 1 atom stereocenters. The second-order valence-electron chi connectivity index (χ2n) is 6.88. The summed E-state index contributed by atoms with van der Waals surface area (Å²) in [7, 11) is 0. The summed E-state index contributed by atoms with van der Waals surface area (Å²) >= 11 is 0. The topological polar surface area (TPSA) is 80.4 Å².